The van der Waals surface area contributed by atoms with Gasteiger partial charge in [-0.15, -0.1) is 0 Å². The smallest absolute Gasteiger partial charge is 0.327 e. The third kappa shape index (κ3) is 4.66. The van der Waals surface area contributed by atoms with E-state index in [-0.39, 0.29) is 17.7 Å². The molecule has 0 aromatic rings. The van der Waals surface area contributed by atoms with Crippen LogP contribution in [0.4, 0.5) is 0 Å². The maximum absolute atomic E-state index is 11.8. The van der Waals surface area contributed by atoms with Crippen LogP contribution in [0.25, 0.3) is 0 Å². The zero-order chi connectivity index (χ0) is 15.1. The summed E-state index contributed by atoms with van der Waals surface area (Å²) in [6.45, 7) is 0.123. The van der Waals surface area contributed by atoms with Crippen molar-refractivity contribution in [3.05, 3.63) is 0 Å². The van der Waals surface area contributed by atoms with E-state index in [0.29, 0.717) is 6.42 Å². The van der Waals surface area contributed by atoms with Gasteiger partial charge in [0.2, 0.25) is 11.8 Å². The highest BCUT2D eigenvalue weighted by atomic mass is 32.1. The molecule has 0 saturated carbocycles. The van der Waals surface area contributed by atoms with E-state index in [2.05, 4.69) is 28.6 Å². The molecule has 3 atom stereocenters. The highest BCUT2D eigenvalue weighted by Gasteiger charge is 2.28. The summed E-state index contributed by atoms with van der Waals surface area (Å²) in [7, 11) is 0. The van der Waals surface area contributed by atoms with Crippen LogP contribution >= 0.6 is 12.6 Å². The molecule has 5 N–H and O–H groups in total. The second-order valence-corrected chi connectivity index (χ2v) is 4.84. The Balaban J connectivity index is 2.53. The number of aliphatic carboxylic acids is 1. The van der Waals surface area contributed by atoms with E-state index in [1.807, 2.05) is 0 Å². The molecule has 1 rings (SSSR count). The van der Waals surface area contributed by atoms with Crippen molar-refractivity contribution in [2.45, 2.75) is 31.0 Å². The van der Waals surface area contributed by atoms with Crippen LogP contribution in [0.5, 0.6) is 0 Å². The fourth-order valence-corrected chi connectivity index (χ4v) is 2.08. The summed E-state index contributed by atoms with van der Waals surface area (Å²) in [6, 6.07) is -2.72. The number of carboxylic acid groups (broad SMARTS) is 1. The minimum atomic E-state index is -1.23. The van der Waals surface area contributed by atoms with Crippen molar-refractivity contribution in [1.82, 2.24) is 16.0 Å². The molecule has 1 heterocycles. The SMILES string of the molecule is O=C(O)C(CS)NC(=O)C(CO)NC(=O)C1CCCN1. The van der Waals surface area contributed by atoms with E-state index in [1.54, 1.807) is 0 Å². The minimum Gasteiger partial charge on any atom is -0.480 e. The zero-order valence-electron chi connectivity index (χ0n) is 10.8. The van der Waals surface area contributed by atoms with Gasteiger partial charge >= 0.3 is 5.97 Å². The molecule has 0 bridgehead atoms. The topological polar surface area (TPSA) is 128 Å². The van der Waals surface area contributed by atoms with Gasteiger partial charge in [0.15, 0.2) is 0 Å². The van der Waals surface area contributed by atoms with Gasteiger partial charge in [0, 0.05) is 5.75 Å². The van der Waals surface area contributed by atoms with Crippen LogP contribution in [0.1, 0.15) is 12.8 Å². The predicted octanol–water partition coefficient (Wildman–Crippen LogP) is -2.29. The molecule has 0 aromatic heterocycles. The molecule has 1 fully saturated rings. The van der Waals surface area contributed by atoms with E-state index in [0.717, 1.165) is 13.0 Å². The first-order chi connectivity index (χ1) is 9.49. The molecule has 0 radical (unpaired) electrons. The number of carboxylic acids is 1. The maximum atomic E-state index is 11.8. The molecule has 1 saturated heterocycles. The van der Waals surface area contributed by atoms with Crippen molar-refractivity contribution in [2.24, 2.45) is 0 Å². The number of carbonyl (C=O) groups excluding carboxylic acids is 2. The van der Waals surface area contributed by atoms with Crippen molar-refractivity contribution >= 4 is 30.4 Å². The van der Waals surface area contributed by atoms with E-state index in [4.69, 9.17) is 10.2 Å². The normalized spacial score (nSPS) is 21.0. The molecular formula is C11H19N3O5S. The molecule has 0 aromatic carbocycles. The van der Waals surface area contributed by atoms with Crippen molar-refractivity contribution in [3.8, 4) is 0 Å². The Bertz CT molecular complexity index is 373. The number of hydrogen-bond acceptors (Lipinski definition) is 6. The Morgan fingerprint density at radius 3 is 2.45 bits per heavy atom. The molecule has 114 valence electrons. The number of thiol groups is 1. The zero-order valence-corrected chi connectivity index (χ0v) is 11.7. The van der Waals surface area contributed by atoms with Gasteiger partial charge < -0.3 is 26.2 Å². The average Bonchev–Trinajstić information content (AvgIpc) is 2.95. The van der Waals surface area contributed by atoms with Crippen LogP contribution < -0.4 is 16.0 Å². The Labute approximate surface area is 121 Å². The lowest BCUT2D eigenvalue weighted by Crippen LogP contribution is -2.56. The summed E-state index contributed by atoms with van der Waals surface area (Å²) in [6.07, 6.45) is 1.54. The highest BCUT2D eigenvalue weighted by Crippen LogP contribution is 2.05. The number of rotatable bonds is 7. The van der Waals surface area contributed by atoms with Crippen LogP contribution in [-0.2, 0) is 14.4 Å². The van der Waals surface area contributed by atoms with Gasteiger partial charge in [-0.3, -0.25) is 9.59 Å². The third-order valence-corrected chi connectivity index (χ3v) is 3.35. The van der Waals surface area contributed by atoms with Crippen molar-refractivity contribution < 1.29 is 24.6 Å². The largest absolute Gasteiger partial charge is 0.480 e. The standard InChI is InChI=1S/C11H19N3O5S/c15-4-7(10(17)14-8(5-20)11(18)19)13-9(16)6-2-1-3-12-6/h6-8,12,15,20H,1-5H2,(H,13,16)(H,14,17)(H,18,19). The number of nitrogens with one attached hydrogen (secondary N) is 3. The number of aliphatic hydroxyl groups excluding tert-OH is 1. The number of hydrogen-bond donors (Lipinski definition) is 6. The summed E-state index contributed by atoms with van der Waals surface area (Å²) in [5, 5.41) is 25.5. The summed E-state index contributed by atoms with van der Waals surface area (Å²) >= 11 is 3.81. The predicted molar refractivity (Wildman–Crippen MR) is 73.5 cm³/mol. The van der Waals surface area contributed by atoms with Gasteiger partial charge in [-0.05, 0) is 19.4 Å². The molecule has 1 aliphatic rings. The Morgan fingerprint density at radius 1 is 1.30 bits per heavy atom. The minimum absolute atomic E-state index is 0.0860. The van der Waals surface area contributed by atoms with Gasteiger partial charge in [-0.25, -0.2) is 4.79 Å². The quantitative estimate of drug-likeness (QED) is 0.294. The number of aliphatic hydroxyl groups is 1. The Hall–Kier alpha value is -1.32. The Kier molecular flexibility index (Phi) is 6.76. The number of amides is 2. The molecule has 8 nitrogen and oxygen atoms in total. The van der Waals surface area contributed by atoms with Crippen molar-refractivity contribution in [1.29, 1.82) is 0 Å². The summed E-state index contributed by atoms with van der Waals surface area (Å²) in [5.41, 5.74) is 0. The summed E-state index contributed by atoms with van der Waals surface area (Å²) in [5.74, 6) is -2.44. The van der Waals surface area contributed by atoms with Crippen LogP contribution in [0.2, 0.25) is 0 Å². The van der Waals surface area contributed by atoms with Crippen LogP contribution in [0, 0.1) is 0 Å². The number of carbonyl (C=O) groups is 3. The van der Waals surface area contributed by atoms with Gasteiger partial charge in [-0.1, -0.05) is 0 Å². The summed E-state index contributed by atoms with van der Waals surface area (Å²) < 4.78 is 0. The first kappa shape index (κ1) is 16.7. The molecule has 20 heavy (non-hydrogen) atoms. The first-order valence-electron chi connectivity index (χ1n) is 6.28. The second kappa shape index (κ2) is 8.08. The molecule has 0 spiro atoms. The van der Waals surface area contributed by atoms with Crippen LogP contribution in [0.15, 0.2) is 0 Å². The van der Waals surface area contributed by atoms with E-state index < -0.39 is 30.6 Å². The maximum Gasteiger partial charge on any atom is 0.327 e. The van der Waals surface area contributed by atoms with E-state index >= 15 is 0 Å². The Morgan fingerprint density at radius 2 is 2.00 bits per heavy atom. The van der Waals surface area contributed by atoms with Gasteiger partial charge in [0.05, 0.1) is 12.6 Å². The summed E-state index contributed by atoms with van der Waals surface area (Å²) in [4.78, 5) is 34.4. The van der Waals surface area contributed by atoms with Crippen molar-refractivity contribution in [3.63, 3.8) is 0 Å². The van der Waals surface area contributed by atoms with E-state index in [1.165, 1.54) is 0 Å². The van der Waals surface area contributed by atoms with Crippen LogP contribution in [-0.4, -0.2) is 65.0 Å². The average molecular weight is 305 g/mol. The molecule has 1 aliphatic heterocycles. The monoisotopic (exact) mass is 305 g/mol. The molecular weight excluding hydrogens is 286 g/mol. The lowest BCUT2D eigenvalue weighted by atomic mass is 10.2. The van der Waals surface area contributed by atoms with Gasteiger partial charge in [0.1, 0.15) is 12.1 Å². The molecule has 9 heteroatoms. The van der Waals surface area contributed by atoms with E-state index in [9.17, 15) is 14.4 Å². The van der Waals surface area contributed by atoms with Gasteiger partial charge in [0.25, 0.3) is 0 Å². The second-order valence-electron chi connectivity index (χ2n) is 4.47. The fraction of sp³-hybridized carbons (Fsp3) is 0.727. The molecule has 0 aliphatic carbocycles. The molecule has 3 unspecified atom stereocenters. The van der Waals surface area contributed by atoms with Crippen LogP contribution in [0.3, 0.4) is 0 Å². The molecule has 2 amide bonds. The van der Waals surface area contributed by atoms with Gasteiger partial charge in [-0.2, -0.15) is 12.6 Å². The lowest BCUT2D eigenvalue weighted by Gasteiger charge is -2.20. The lowest BCUT2D eigenvalue weighted by molar-refractivity contribution is -0.141. The van der Waals surface area contributed by atoms with Crippen molar-refractivity contribution in [2.75, 3.05) is 18.9 Å². The first-order valence-corrected chi connectivity index (χ1v) is 6.91. The fourth-order valence-electron chi connectivity index (χ4n) is 1.83. The third-order valence-electron chi connectivity index (χ3n) is 2.99. The highest BCUT2D eigenvalue weighted by molar-refractivity contribution is 7.80.